The summed E-state index contributed by atoms with van der Waals surface area (Å²) in [4.78, 5) is 24.4. The molecule has 1 aliphatic heterocycles. The predicted molar refractivity (Wildman–Crippen MR) is 79.6 cm³/mol. The first-order valence-corrected chi connectivity index (χ1v) is 7.01. The van der Waals surface area contributed by atoms with Gasteiger partial charge in [0.2, 0.25) is 5.91 Å². The molecule has 21 heavy (non-hydrogen) atoms. The van der Waals surface area contributed by atoms with Crippen molar-refractivity contribution in [1.29, 1.82) is 0 Å². The number of likely N-dealkylation sites (N-methyl/N-ethyl adjacent to an activating group) is 1. The Morgan fingerprint density at radius 1 is 1.52 bits per heavy atom. The maximum atomic E-state index is 11.9. The van der Waals surface area contributed by atoms with Crippen LogP contribution in [0.25, 0.3) is 0 Å². The predicted octanol–water partition coefficient (Wildman–Crippen LogP) is 1.28. The normalized spacial score (nSPS) is 19.2. The summed E-state index contributed by atoms with van der Waals surface area (Å²) in [5.41, 5.74) is 7.14. The van der Waals surface area contributed by atoms with Crippen LogP contribution >= 0.6 is 0 Å². The average molecular weight is 292 g/mol. The molecule has 1 aromatic carbocycles. The number of hydrogen-bond acceptors (Lipinski definition) is 5. The molecule has 2 rings (SSSR count). The Hall–Kier alpha value is -2.15. The Kier molecular flexibility index (Phi) is 4.74. The van der Waals surface area contributed by atoms with Crippen LogP contribution in [0.2, 0.25) is 0 Å². The van der Waals surface area contributed by atoms with Gasteiger partial charge in [-0.3, -0.25) is 19.8 Å². The van der Waals surface area contributed by atoms with E-state index in [0.717, 1.165) is 25.8 Å². The molecule has 1 aromatic rings. The Labute approximate surface area is 123 Å². The minimum Gasteiger partial charge on any atom is -0.398 e. The Morgan fingerprint density at radius 2 is 2.29 bits per heavy atom. The highest BCUT2D eigenvalue weighted by Gasteiger charge is 2.28. The highest BCUT2D eigenvalue weighted by Crippen LogP contribution is 2.25. The Bertz CT molecular complexity index is 547. The number of non-ortho nitro benzene ring substituents is 1. The highest BCUT2D eigenvalue weighted by atomic mass is 16.6. The van der Waals surface area contributed by atoms with Gasteiger partial charge in [-0.15, -0.1) is 0 Å². The number of carbonyl (C=O) groups excluding carboxylic acids is 1. The van der Waals surface area contributed by atoms with E-state index in [9.17, 15) is 14.9 Å². The SMILES string of the molecule is CNC(=O)C1CCCCN1Cc1cc([N+](=O)[O-])ccc1N. The van der Waals surface area contributed by atoms with Gasteiger partial charge in [-0.25, -0.2) is 0 Å². The van der Waals surface area contributed by atoms with Gasteiger partial charge in [0, 0.05) is 31.4 Å². The number of hydrogen-bond donors (Lipinski definition) is 2. The second-order valence-electron chi connectivity index (χ2n) is 5.24. The van der Waals surface area contributed by atoms with E-state index in [1.807, 2.05) is 4.90 Å². The smallest absolute Gasteiger partial charge is 0.269 e. The molecule has 0 saturated carbocycles. The van der Waals surface area contributed by atoms with Crippen LogP contribution in [-0.2, 0) is 11.3 Å². The van der Waals surface area contributed by atoms with Crippen LogP contribution in [0.5, 0.6) is 0 Å². The van der Waals surface area contributed by atoms with Crippen molar-refractivity contribution in [2.45, 2.75) is 31.8 Å². The van der Waals surface area contributed by atoms with Crippen molar-refractivity contribution in [3.63, 3.8) is 0 Å². The zero-order chi connectivity index (χ0) is 15.4. The average Bonchev–Trinajstić information content (AvgIpc) is 2.49. The van der Waals surface area contributed by atoms with Crippen molar-refractivity contribution in [2.75, 3.05) is 19.3 Å². The molecule has 1 aliphatic rings. The van der Waals surface area contributed by atoms with Crippen molar-refractivity contribution in [2.24, 2.45) is 0 Å². The summed E-state index contributed by atoms with van der Waals surface area (Å²) >= 11 is 0. The maximum Gasteiger partial charge on any atom is 0.269 e. The minimum atomic E-state index is -0.435. The molecule has 0 radical (unpaired) electrons. The summed E-state index contributed by atoms with van der Waals surface area (Å²) < 4.78 is 0. The zero-order valence-corrected chi connectivity index (χ0v) is 12.0. The van der Waals surface area contributed by atoms with E-state index in [0.29, 0.717) is 17.8 Å². The van der Waals surface area contributed by atoms with Gasteiger partial charge >= 0.3 is 0 Å². The van der Waals surface area contributed by atoms with E-state index in [1.54, 1.807) is 13.1 Å². The molecular weight excluding hydrogens is 272 g/mol. The van der Waals surface area contributed by atoms with Gasteiger partial charge in [-0.05, 0) is 31.0 Å². The van der Waals surface area contributed by atoms with E-state index in [-0.39, 0.29) is 17.6 Å². The molecule has 7 nitrogen and oxygen atoms in total. The molecule has 0 bridgehead atoms. The fraction of sp³-hybridized carbons (Fsp3) is 0.500. The van der Waals surface area contributed by atoms with Gasteiger partial charge in [0.1, 0.15) is 0 Å². The number of anilines is 1. The molecule has 0 aliphatic carbocycles. The lowest BCUT2D eigenvalue weighted by molar-refractivity contribution is -0.384. The van der Waals surface area contributed by atoms with Crippen molar-refractivity contribution in [3.8, 4) is 0 Å². The first-order valence-electron chi connectivity index (χ1n) is 7.01. The molecule has 1 heterocycles. The van der Waals surface area contributed by atoms with Gasteiger partial charge in [-0.2, -0.15) is 0 Å². The summed E-state index contributed by atoms with van der Waals surface area (Å²) in [7, 11) is 1.62. The quantitative estimate of drug-likeness (QED) is 0.494. The van der Waals surface area contributed by atoms with Crippen LogP contribution in [-0.4, -0.2) is 35.4 Å². The minimum absolute atomic E-state index is 0.0151. The maximum absolute atomic E-state index is 11.9. The third-order valence-corrected chi connectivity index (χ3v) is 3.87. The molecule has 1 atom stereocenters. The topological polar surface area (TPSA) is 102 Å². The number of nitrogens with one attached hydrogen (secondary N) is 1. The lowest BCUT2D eigenvalue weighted by Crippen LogP contribution is -2.48. The molecule has 3 N–H and O–H groups in total. The van der Waals surface area contributed by atoms with Crippen LogP contribution in [0, 0.1) is 10.1 Å². The number of nitro groups is 1. The van der Waals surface area contributed by atoms with E-state index < -0.39 is 4.92 Å². The number of nitrogen functional groups attached to an aromatic ring is 1. The number of piperidine rings is 1. The number of nitrogens with zero attached hydrogens (tertiary/aromatic N) is 2. The second-order valence-corrected chi connectivity index (χ2v) is 5.24. The van der Waals surface area contributed by atoms with Gasteiger partial charge in [0.25, 0.3) is 5.69 Å². The fourth-order valence-corrected chi connectivity index (χ4v) is 2.71. The van der Waals surface area contributed by atoms with E-state index >= 15 is 0 Å². The van der Waals surface area contributed by atoms with Gasteiger partial charge < -0.3 is 11.1 Å². The first kappa shape index (κ1) is 15.2. The summed E-state index contributed by atoms with van der Waals surface area (Å²) in [6.45, 7) is 1.24. The number of nitrogens with two attached hydrogens (primary N) is 1. The molecular formula is C14H20N4O3. The van der Waals surface area contributed by atoms with Crippen LogP contribution in [0.15, 0.2) is 18.2 Å². The van der Waals surface area contributed by atoms with Gasteiger partial charge in [0.15, 0.2) is 0 Å². The van der Waals surface area contributed by atoms with Gasteiger partial charge in [0.05, 0.1) is 11.0 Å². The number of benzene rings is 1. The third-order valence-electron chi connectivity index (χ3n) is 3.87. The largest absolute Gasteiger partial charge is 0.398 e. The Morgan fingerprint density at radius 3 is 2.95 bits per heavy atom. The van der Waals surface area contributed by atoms with Crippen molar-refractivity contribution in [1.82, 2.24) is 10.2 Å². The molecule has 1 saturated heterocycles. The first-order chi connectivity index (χ1) is 10.0. The monoisotopic (exact) mass is 292 g/mol. The highest BCUT2D eigenvalue weighted by molar-refractivity contribution is 5.81. The number of carbonyl (C=O) groups is 1. The number of amides is 1. The Balaban J connectivity index is 2.20. The van der Waals surface area contributed by atoms with Gasteiger partial charge in [-0.1, -0.05) is 6.42 Å². The summed E-state index contributed by atoms with van der Waals surface area (Å²) in [6, 6.07) is 4.24. The number of likely N-dealkylation sites (tertiary alicyclic amines) is 1. The van der Waals surface area contributed by atoms with Crippen molar-refractivity contribution < 1.29 is 9.72 Å². The summed E-state index contributed by atoms with van der Waals surface area (Å²) in [6.07, 6.45) is 2.83. The molecule has 1 unspecified atom stereocenters. The van der Waals surface area contributed by atoms with E-state index in [2.05, 4.69) is 5.32 Å². The van der Waals surface area contributed by atoms with Crippen LogP contribution in [0.3, 0.4) is 0 Å². The molecule has 0 aromatic heterocycles. The fourth-order valence-electron chi connectivity index (χ4n) is 2.71. The van der Waals surface area contributed by atoms with Crippen LogP contribution in [0.4, 0.5) is 11.4 Å². The summed E-state index contributed by atoms with van der Waals surface area (Å²) in [5.74, 6) is -0.0151. The van der Waals surface area contributed by atoms with Crippen molar-refractivity contribution >= 4 is 17.3 Å². The lowest BCUT2D eigenvalue weighted by Gasteiger charge is -2.34. The second kappa shape index (κ2) is 6.53. The van der Waals surface area contributed by atoms with Crippen LogP contribution in [0.1, 0.15) is 24.8 Å². The number of rotatable bonds is 4. The van der Waals surface area contributed by atoms with E-state index in [4.69, 9.17) is 5.73 Å². The molecule has 1 fully saturated rings. The zero-order valence-electron chi connectivity index (χ0n) is 12.0. The molecule has 0 spiro atoms. The standard InChI is InChI=1S/C14H20N4O3/c1-16-14(19)13-4-2-3-7-17(13)9-10-8-11(18(20)21)5-6-12(10)15/h5-6,8,13H,2-4,7,9,15H2,1H3,(H,16,19). The third kappa shape index (κ3) is 3.49. The molecule has 7 heteroatoms. The molecule has 114 valence electrons. The summed E-state index contributed by atoms with van der Waals surface area (Å²) in [5, 5.41) is 13.5. The lowest BCUT2D eigenvalue weighted by atomic mass is 10.00. The van der Waals surface area contributed by atoms with E-state index in [1.165, 1.54) is 12.1 Å². The van der Waals surface area contributed by atoms with Crippen molar-refractivity contribution in [3.05, 3.63) is 33.9 Å². The molecule has 1 amide bonds. The number of nitro benzene ring substituents is 1. The van der Waals surface area contributed by atoms with Crippen LogP contribution < -0.4 is 11.1 Å².